The average molecular weight is 313 g/mol. The highest BCUT2D eigenvalue weighted by Crippen LogP contribution is 2.67. The van der Waals surface area contributed by atoms with E-state index in [4.69, 9.17) is 4.74 Å². The fraction of sp³-hybridized carbons (Fsp3) is 0.733. The van der Waals surface area contributed by atoms with Crippen LogP contribution in [0, 0.1) is 10.8 Å². The van der Waals surface area contributed by atoms with Gasteiger partial charge < -0.3 is 9.84 Å². The van der Waals surface area contributed by atoms with E-state index >= 15 is 0 Å². The Morgan fingerprint density at radius 3 is 2.72 bits per heavy atom. The van der Waals surface area contributed by atoms with Gasteiger partial charge in [0.25, 0.3) is 0 Å². The summed E-state index contributed by atoms with van der Waals surface area (Å²) in [7, 11) is 0. The SMILES string of the molecule is CC1=CC[C@@]23[C@H](C1)O[C@@H](C=C(Br)C2(C)C)[C@]3(C)O. The molecule has 3 rings (SSSR count). The first-order valence-electron chi connectivity index (χ1n) is 6.65. The third-order valence-electron chi connectivity index (χ3n) is 5.61. The molecule has 3 aliphatic rings. The minimum atomic E-state index is -0.796. The van der Waals surface area contributed by atoms with Crippen molar-refractivity contribution in [3.63, 3.8) is 0 Å². The maximum atomic E-state index is 11.1. The van der Waals surface area contributed by atoms with Gasteiger partial charge in [0.1, 0.15) is 11.7 Å². The van der Waals surface area contributed by atoms with Crippen LogP contribution in [0.3, 0.4) is 0 Å². The number of hydrogen-bond donors (Lipinski definition) is 1. The molecule has 0 amide bonds. The van der Waals surface area contributed by atoms with Crippen molar-refractivity contribution >= 4 is 15.9 Å². The van der Waals surface area contributed by atoms with E-state index in [0.717, 1.165) is 12.8 Å². The van der Waals surface area contributed by atoms with Crippen LogP contribution in [0.4, 0.5) is 0 Å². The minimum Gasteiger partial charge on any atom is -0.386 e. The first kappa shape index (κ1) is 12.9. The highest BCUT2D eigenvalue weighted by Gasteiger charge is 2.71. The molecule has 18 heavy (non-hydrogen) atoms. The average Bonchev–Trinajstić information content (AvgIpc) is 2.41. The van der Waals surface area contributed by atoms with Crippen molar-refractivity contribution in [1.82, 2.24) is 0 Å². The fourth-order valence-electron chi connectivity index (χ4n) is 4.32. The maximum absolute atomic E-state index is 11.1. The molecule has 3 heteroatoms. The Hall–Kier alpha value is -0.120. The van der Waals surface area contributed by atoms with E-state index in [9.17, 15) is 5.11 Å². The standard InChI is InChI=1S/C15H21BrO2/c1-9-5-6-15-12(7-9)18-11(14(15,4)17)8-10(16)13(15,2)3/h5,8,11-12,17H,6-7H2,1-4H3/t11-,12-,14-,15+/m0/s1. The van der Waals surface area contributed by atoms with E-state index in [1.807, 2.05) is 6.92 Å². The molecular formula is C15H21BrO2. The molecule has 0 aromatic carbocycles. The third kappa shape index (κ3) is 1.21. The van der Waals surface area contributed by atoms with Crippen LogP contribution in [0.25, 0.3) is 0 Å². The summed E-state index contributed by atoms with van der Waals surface area (Å²) < 4.78 is 7.34. The summed E-state index contributed by atoms with van der Waals surface area (Å²) in [5.41, 5.74) is 0.250. The topological polar surface area (TPSA) is 29.5 Å². The molecule has 1 aliphatic heterocycles. The summed E-state index contributed by atoms with van der Waals surface area (Å²) in [5.74, 6) is 0. The summed E-state index contributed by atoms with van der Waals surface area (Å²) in [4.78, 5) is 0. The van der Waals surface area contributed by atoms with Crippen molar-refractivity contribution in [2.24, 2.45) is 10.8 Å². The third-order valence-corrected chi connectivity index (χ3v) is 6.86. The maximum Gasteiger partial charge on any atom is 0.106 e. The van der Waals surface area contributed by atoms with Crippen LogP contribution in [0.2, 0.25) is 0 Å². The molecule has 4 atom stereocenters. The number of aliphatic hydroxyl groups is 1. The lowest BCUT2D eigenvalue weighted by Crippen LogP contribution is -2.61. The van der Waals surface area contributed by atoms with Crippen LogP contribution in [-0.2, 0) is 4.74 Å². The Kier molecular flexibility index (Phi) is 2.51. The van der Waals surface area contributed by atoms with Crippen molar-refractivity contribution in [3.8, 4) is 0 Å². The molecule has 1 spiro atoms. The predicted octanol–water partition coefficient (Wildman–Crippen LogP) is 3.55. The number of fused-ring (bicyclic) bond motifs is 1. The highest BCUT2D eigenvalue weighted by molar-refractivity contribution is 9.11. The Morgan fingerprint density at radius 2 is 2.06 bits per heavy atom. The Balaban J connectivity index is 2.23. The highest BCUT2D eigenvalue weighted by atomic mass is 79.9. The lowest BCUT2D eigenvalue weighted by Gasteiger charge is -2.56. The Bertz CT molecular complexity index is 461. The summed E-state index contributed by atoms with van der Waals surface area (Å²) in [6, 6.07) is 0. The van der Waals surface area contributed by atoms with Gasteiger partial charge in [-0.15, -0.1) is 0 Å². The number of allylic oxidation sites excluding steroid dienone is 2. The second-order valence-corrected chi connectivity index (χ2v) is 7.62. The van der Waals surface area contributed by atoms with E-state index in [1.54, 1.807) is 0 Å². The normalized spacial score (nSPS) is 49.4. The quantitative estimate of drug-likeness (QED) is 0.693. The van der Waals surface area contributed by atoms with Gasteiger partial charge in [0, 0.05) is 15.3 Å². The first-order valence-corrected chi connectivity index (χ1v) is 7.44. The summed E-state index contributed by atoms with van der Waals surface area (Å²) in [6.07, 6.45) is 6.09. The summed E-state index contributed by atoms with van der Waals surface area (Å²) in [6.45, 7) is 8.54. The van der Waals surface area contributed by atoms with Crippen molar-refractivity contribution in [1.29, 1.82) is 0 Å². The molecule has 1 N–H and O–H groups in total. The van der Waals surface area contributed by atoms with Crippen LogP contribution in [0.5, 0.6) is 0 Å². The predicted molar refractivity (Wildman–Crippen MR) is 75.5 cm³/mol. The monoisotopic (exact) mass is 312 g/mol. The molecule has 1 heterocycles. The largest absolute Gasteiger partial charge is 0.386 e. The van der Waals surface area contributed by atoms with Gasteiger partial charge in [0.2, 0.25) is 0 Å². The smallest absolute Gasteiger partial charge is 0.106 e. The van der Waals surface area contributed by atoms with E-state index in [2.05, 4.69) is 48.9 Å². The van der Waals surface area contributed by atoms with E-state index in [1.165, 1.54) is 10.1 Å². The summed E-state index contributed by atoms with van der Waals surface area (Å²) >= 11 is 3.70. The molecule has 0 aromatic rings. The Labute approximate surface area is 117 Å². The van der Waals surface area contributed by atoms with Gasteiger partial charge >= 0.3 is 0 Å². The second-order valence-electron chi connectivity index (χ2n) is 6.76. The van der Waals surface area contributed by atoms with Crippen LogP contribution in [-0.4, -0.2) is 22.9 Å². The molecule has 2 aliphatic carbocycles. The number of ether oxygens (including phenoxy) is 1. The lowest BCUT2D eigenvalue weighted by molar-refractivity contribution is -0.114. The number of hydrogen-bond acceptors (Lipinski definition) is 2. The van der Waals surface area contributed by atoms with Gasteiger partial charge in [0.05, 0.1) is 6.10 Å². The number of halogens is 1. The summed E-state index contributed by atoms with van der Waals surface area (Å²) in [5, 5.41) is 11.1. The molecule has 1 saturated heterocycles. The fourth-order valence-corrected chi connectivity index (χ4v) is 4.92. The van der Waals surface area contributed by atoms with Crippen molar-refractivity contribution in [2.75, 3.05) is 0 Å². The molecule has 100 valence electrons. The molecule has 2 bridgehead atoms. The molecule has 0 aromatic heterocycles. The van der Waals surface area contributed by atoms with Crippen LogP contribution in [0.1, 0.15) is 40.5 Å². The van der Waals surface area contributed by atoms with Gasteiger partial charge in [0.15, 0.2) is 0 Å². The van der Waals surface area contributed by atoms with Crippen molar-refractivity contribution in [3.05, 3.63) is 22.2 Å². The molecule has 0 saturated carbocycles. The van der Waals surface area contributed by atoms with Gasteiger partial charge in [-0.2, -0.15) is 0 Å². The zero-order valence-electron chi connectivity index (χ0n) is 11.5. The van der Waals surface area contributed by atoms with E-state index in [0.29, 0.717) is 0 Å². The minimum absolute atomic E-state index is 0.106. The molecular weight excluding hydrogens is 292 g/mol. The van der Waals surface area contributed by atoms with Crippen LogP contribution >= 0.6 is 15.9 Å². The van der Waals surface area contributed by atoms with Crippen molar-refractivity contribution in [2.45, 2.75) is 58.3 Å². The molecule has 1 fully saturated rings. The first-order chi connectivity index (χ1) is 8.23. The van der Waals surface area contributed by atoms with Crippen LogP contribution in [0.15, 0.2) is 22.2 Å². The van der Waals surface area contributed by atoms with Crippen LogP contribution < -0.4 is 0 Å². The molecule has 0 radical (unpaired) electrons. The van der Waals surface area contributed by atoms with Crippen molar-refractivity contribution < 1.29 is 9.84 Å². The molecule has 0 unspecified atom stereocenters. The van der Waals surface area contributed by atoms with Gasteiger partial charge in [-0.1, -0.05) is 41.4 Å². The van der Waals surface area contributed by atoms with Gasteiger partial charge in [-0.05, 0) is 32.8 Å². The zero-order chi connectivity index (χ0) is 13.3. The van der Waals surface area contributed by atoms with Gasteiger partial charge in [-0.3, -0.25) is 0 Å². The van der Waals surface area contributed by atoms with E-state index < -0.39 is 5.60 Å². The van der Waals surface area contributed by atoms with Gasteiger partial charge in [-0.25, -0.2) is 0 Å². The number of rotatable bonds is 0. The van der Waals surface area contributed by atoms with E-state index in [-0.39, 0.29) is 23.0 Å². The molecule has 2 nitrogen and oxygen atoms in total. The zero-order valence-corrected chi connectivity index (χ0v) is 13.0. The second kappa shape index (κ2) is 3.50. The Morgan fingerprint density at radius 1 is 1.39 bits per heavy atom. The lowest BCUT2D eigenvalue weighted by atomic mass is 9.49.